The first-order valence-corrected chi connectivity index (χ1v) is 8.18. The maximum absolute atomic E-state index is 12.1. The molecule has 6 nitrogen and oxygen atoms in total. The second-order valence-corrected chi connectivity index (χ2v) is 5.59. The van der Waals surface area contributed by atoms with E-state index in [0.29, 0.717) is 6.54 Å². The molecule has 0 radical (unpaired) electrons. The number of hydrogen-bond donors (Lipinski definition) is 1. The van der Waals surface area contributed by atoms with Crippen molar-refractivity contribution in [3.8, 4) is 11.7 Å². The van der Waals surface area contributed by atoms with Crippen LogP contribution in [0, 0.1) is 0 Å². The molecule has 1 unspecified atom stereocenters. The topological polar surface area (TPSA) is 69.0 Å². The van der Waals surface area contributed by atoms with Crippen molar-refractivity contribution in [2.24, 2.45) is 0 Å². The monoisotopic (exact) mass is 336 g/mol. The summed E-state index contributed by atoms with van der Waals surface area (Å²) in [5, 5.41) is 7.10. The SMILES string of the molecule is CC(Oc1ncn(-c2ccccc2)n1)C(=O)NCCc1ccccc1. The van der Waals surface area contributed by atoms with E-state index < -0.39 is 6.10 Å². The number of rotatable bonds is 7. The maximum atomic E-state index is 12.1. The first-order valence-electron chi connectivity index (χ1n) is 8.18. The second kappa shape index (κ2) is 8.10. The van der Waals surface area contributed by atoms with Gasteiger partial charge < -0.3 is 10.1 Å². The summed E-state index contributed by atoms with van der Waals surface area (Å²) < 4.78 is 7.13. The van der Waals surface area contributed by atoms with E-state index >= 15 is 0 Å². The number of para-hydroxylation sites is 1. The van der Waals surface area contributed by atoms with Gasteiger partial charge in [0.2, 0.25) is 0 Å². The molecule has 0 fully saturated rings. The minimum Gasteiger partial charge on any atom is -0.449 e. The first-order chi connectivity index (χ1) is 12.2. The van der Waals surface area contributed by atoms with Crippen LogP contribution in [0.5, 0.6) is 6.01 Å². The van der Waals surface area contributed by atoms with Gasteiger partial charge in [0, 0.05) is 6.54 Å². The van der Waals surface area contributed by atoms with Crippen LogP contribution >= 0.6 is 0 Å². The number of benzene rings is 2. The third-order valence-electron chi connectivity index (χ3n) is 3.70. The highest BCUT2D eigenvalue weighted by Crippen LogP contribution is 2.09. The third-order valence-corrected chi connectivity index (χ3v) is 3.70. The number of carbonyl (C=O) groups is 1. The van der Waals surface area contributed by atoms with E-state index in [1.54, 1.807) is 17.9 Å². The van der Waals surface area contributed by atoms with Gasteiger partial charge in [0.15, 0.2) is 6.10 Å². The van der Waals surface area contributed by atoms with Crippen molar-refractivity contribution in [2.45, 2.75) is 19.4 Å². The molecule has 1 N–H and O–H groups in total. The average molecular weight is 336 g/mol. The summed E-state index contributed by atoms with van der Waals surface area (Å²) in [5.74, 6) is -0.188. The largest absolute Gasteiger partial charge is 0.449 e. The average Bonchev–Trinajstić information content (AvgIpc) is 3.12. The fourth-order valence-corrected chi connectivity index (χ4v) is 2.34. The lowest BCUT2D eigenvalue weighted by Crippen LogP contribution is -2.37. The van der Waals surface area contributed by atoms with Gasteiger partial charge in [-0.1, -0.05) is 48.5 Å². The number of hydrogen-bond acceptors (Lipinski definition) is 4. The summed E-state index contributed by atoms with van der Waals surface area (Å²) in [6.45, 7) is 2.24. The molecule has 128 valence electrons. The molecule has 3 rings (SSSR count). The lowest BCUT2D eigenvalue weighted by Gasteiger charge is -2.12. The highest BCUT2D eigenvalue weighted by Gasteiger charge is 2.16. The van der Waals surface area contributed by atoms with Crippen LogP contribution in [-0.4, -0.2) is 33.3 Å². The van der Waals surface area contributed by atoms with Gasteiger partial charge in [-0.3, -0.25) is 4.79 Å². The summed E-state index contributed by atoms with van der Waals surface area (Å²) in [5.41, 5.74) is 2.06. The first kappa shape index (κ1) is 16.7. The lowest BCUT2D eigenvalue weighted by atomic mass is 10.1. The smallest absolute Gasteiger partial charge is 0.336 e. The molecular formula is C19H20N4O2. The Hall–Kier alpha value is -3.15. The predicted molar refractivity (Wildman–Crippen MR) is 94.6 cm³/mol. The summed E-state index contributed by atoms with van der Waals surface area (Å²) in [6.07, 6.45) is 1.67. The highest BCUT2D eigenvalue weighted by atomic mass is 16.5. The summed E-state index contributed by atoms with van der Waals surface area (Å²) >= 11 is 0. The van der Waals surface area contributed by atoms with Crippen molar-refractivity contribution < 1.29 is 9.53 Å². The Morgan fingerprint density at radius 3 is 2.52 bits per heavy atom. The fourth-order valence-electron chi connectivity index (χ4n) is 2.34. The van der Waals surface area contributed by atoms with E-state index in [0.717, 1.165) is 12.1 Å². The van der Waals surface area contributed by atoms with Crippen molar-refractivity contribution >= 4 is 5.91 Å². The highest BCUT2D eigenvalue weighted by molar-refractivity contribution is 5.80. The van der Waals surface area contributed by atoms with Crippen LogP contribution < -0.4 is 10.1 Å². The molecule has 0 saturated heterocycles. The zero-order valence-corrected chi connectivity index (χ0v) is 14.0. The van der Waals surface area contributed by atoms with Crippen molar-refractivity contribution in [1.29, 1.82) is 0 Å². The minimum atomic E-state index is -0.664. The molecule has 1 aromatic heterocycles. The van der Waals surface area contributed by atoms with E-state index in [2.05, 4.69) is 15.4 Å². The predicted octanol–water partition coefficient (Wildman–Crippen LogP) is 2.39. The van der Waals surface area contributed by atoms with E-state index in [1.807, 2.05) is 60.7 Å². The molecular weight excluding hydrogens is 316 g/mol. The number of nitrogens with one attached hydrogen (secondary N) is 1. The van der Waals surface area contributed by atoms with Gasteiger partial charge in [0.1, 0.15) is 6.33 Å². The van der Waals surface area contributed by atoms with Crippen LogP contribution in [0.2, 0.25) is 0 Å². The Balaban J connectivity index is 1.49. The Morgan fingerprint density at radius 2 is 1.80 bits per heavy atom. The number of carbonyl (C=O) groups excluding carboxylic acids is 1. The van der Waals surface area contributed by atoms with Gasteiger partial charge in [-0.05, 0) is 31.0 Å². The van der Waals surface area contributed by atoms with Crippen molar-refractivity contribution in [2.75, 3.05) is 6.54 Å². The van der Waals surface area contributed by atoms with Gasteiger partial charge in [-0.15, -0.1) is 5.10 Å². The van der Waals surface area contributed by atoms with Crippen molar-refractivity contribution in [3.63, 3.8) is 0 Å². The molecule has 6 heteroatoms. The molecule has 25 heavy (non-hydrogen) atoms. The second-order valence-electron chi connectivity index (χ2n) is 5.59. The van der Waals surface area contributed by atoms with E-state index in [4.69, 9.17) is 4.74 Å². The molecule has 0 bridgehead atoms. The van der Waals surface area contributed by atoms with E-state index in [9.17, 15) is 4.79 Å². The molecule has 3 aromatic rings. The summed E-state index contributed by atoms with van der Waals surface area (Å²) in [7, 11) is 0. The third kappa shape index (κ3) is 4.67. The molecule has 1 heterocycles. The van der Waals surface area contributed by atoms with Crippen molar-refractivity contribution in [3.05, 3.63) is 72.6 Å². The number of aromatic nitrogens is 3. The zero-order valence-electron chi connectivity index (χ0n) is 14.0. The molecule has 2 aromatic carbocycles. The van der Waals surface area contributed by atoms with Crippen LogP contribution in [0.4, 0.5) is 0 Å². The zero-order chi connectivity index (χ0) is 17.5. The summed E-state index contributed by atoms with van der Waals surface area (Å²) in [6, 6.07) is 19.8. The minimum absolute atomic E-state index is 0.176. The van der Waals surface area contributed by atoms with Crippen LogP contribution in [0.25, 0.3) is 5.69 Å². The quantitative estimate of drug-likeness (QED) is 0.719. The van der Waals surface area contributed by atoms with Gasteiger partial charge in [0.25, 0.3) is 5.91 Å². The molecule has 0 aliphatic carbocycles. The number of ether oxygens (including phenoxy) is 1. The molecule has 0 spiro atoms. The summed E-state index contributed by atoms with van der Waals surface area (Å²) in [4.78, 5) is 16.2. The Morgan fingerprint density at radius 1 is 1.12 bits per heavy atom. The standard InChI is InChI=1S/C19H20N4O2/c1-15(18(24)20-13-12-16-8-4-2-5-9-16)25-19-21-14-23(22-19)17-10-6-3-7-11-17/h2-11,14-15H,12-13H2,1H3,(H,20,24). The van der Waals surface area contributed by atoms with Crippen molar-refractivity contribution in [1.82, 2.24) is 20.1 Å². The van der Waals surface area contributed by atoms with Gasteiger partial charge in [0.05, 0.1) is 5.69 Å². The molecule has 0 aliphatic heterocycles. The Kier molecular flexibility index (Phi) is 5.41. The number of nitrogens with zero attached hydrogens (tertiary/aromatic N) is 3. The molecule has 1 atom stereocenters. The van der Waals surface area contributed by atoms with Crippen LogP contribution in [0.3, 0.4) is 0 Å². The normalized spacial score (nSPS) is 11.7. The maximum Gasteiger partial charge on any atom is 0.336 e. The molecule has 0 aliphatic rings. The molecule has 0 saturated carbocycles. The van der Waals surface area contributed by atoms with Gasteiger partial charge in [-0.25, -0.2) is 4.68 Å². The number of amides is 1. The lowest BCUT2D eigenvalue weighted by molar-refractivity contribution is -0.127. The molecule has 1 amide bonds. The van der Waals surface area contributed by atoms with Crippen LogP contribution in [0.15, 0.2) is 67.0 Å². The Bertz CT molecular complexity index is 803. The van der Waals surface area contributed by atoms with Crippen LogP contribution in [-0.2, 0) is 11.2 Å². The van der Waals surface area contributed by atoms with E-state index in [-0.39, 0.29) is 11.9 Å². The fraction of sp³-hybridized carbons (Fsp3) is 0.211. The van der Waals surface area contributed by atoms with E-state index in [1.165, 1.54) is 5.56 Å². The Labute approximate surface area is 146 Å². The van der Waals surface area contributed by atoms with Gasteiger partial charge >= 0.3 is 6.01 Å². The van der Waals surface area contributed by atoms with Gasteiger partial charge in [-0.2, -0.15) is 4.98 Å². The van der Waals surface area contributed by atoms with Crippen LogP contribution in [0.1, 0.15) is 12.5 Å².